The van der Waals surface area contributed by atoms with E-state index < -0.39 is 0 Å². The van der Waals surface area contributed by atoms with Gasteiger partial charge in [-0.15, -0.1) is 12.4 Å². The summed E-state index contributed by atoms with van der Waals surface area (Å²) in [5.41, 5.74) is 5.99. The van der Waals surface area contributed by atoms with Crippen molar-refractivity contribution in [2.45, 2.75) is 26.8 Å². The van der Waals surface area contributed by atoms with Crippen LogP contribution in [0.1, 0.15) is 32.6 Å². The molecule has 0 aliphatic heterocycles. The van der Waals surface area contributed by atoms with Gasteiger partial charge in [0.05, 0.1) is 12.3 Å². The summed E-state index contributed by atoms with van der Waals surface area (Å²) in [7, 11) is 0. The molecule has 12 heavy (non-hydrogen) atoms. The Morgan fingerprint density at radius 3 is 2.33 bits per heavy atom. The first-order valence-electron chi connectivity index (χ1n) is 3.81. The largest absolute Gasteiger partial charge is 0.468 e. The predicted octanol–water partition coefficient (Wildman–Crippen LogP) is 2.75. The van der Waals surface area contributed by atoms with E-state index in [9.17, 15) is 0 Å². The Balaban J connectivity index is 0.00000121. The Labute approximate surface area is 79.5 Å². The minimum Gasteiger partial charge on any atom is -0.468 e. The summed E-state index contributed by atoms with van der Waals surface area (Å²) in [4.78, 5) is 0. The van der Waals surface area contributed by atoms with Gasteiger partial charge in [0.25, 0.3) is 0 Å². The molecular formula is C9H16ClNO. The molecule has 0 spiro atoms. The van der Waals surface area contributed by atoms with Crippen LogP contribution in [0.4, 0.5) is 0 Å². The number of halogens is 1. The van der Waals surface area contributed by atoms with E-state index in [1.165, 1.54) is 0 Å². The molecular weight excluding hydrogens is 174 g/mol. The van der Waals surface area contributed by atoms with Gasteiger partial charge in [0.2, 0.25) is 0 Å². The molecule has 2 N–H and O–H groups in total. The van der Waals surface area contributed by atoms with Crippen molar-refractivity contribution >= 4 is 12.4 Å². The monoisotopic (exact) mass is 189 g/mol. The standard InChI is InChI=1S/C9H15NO.ClH/c1-9(2,3)8(10)7-5-4-6-11-7;/h4-6,8H,10H2,1-3H3;1H/t8-;/m0./s1. The SMILES string of the molecule is CC(C)(C)[C@@H](N)c1ccco1.Cl. The van der Waals surface area contributed by atoms with Crippen molar-refractivity contribution in [1.82, 2.24) is 0 Å². The zero-order chi connectivity index (χ0) is 8.48. The molecule has 70 valence electrons. The van der Waals surface area contributed by atoms with Gasteiger partial charge in [-0.05, 0) is 17.5 Å². The van der Waals surface area contributed by atoms with Crippen LogP contribution in [0.5, 0.6) is 0 Å². The molecule has 1 aromatic rings. The van der Waals surface area contributed by atoms with Crippen LogP contribution in [-0.4, -0.2) is 0 Å². The van der Waals surface area contributed by atoms with Crippen LogP contribution in [0.3, 0.4) is 0 Å². The summed E-state index contributed by atoms with van der Waals surface area (Å²) in [5.74, 6) is 0.859. The molecule has 2 nitrogen and oxygen atoms in total. The molecule has 1 atom stereocenters. The quantitative estimate of drug-likeness (QED) is 0.738. The zero-order valence-electron chi connectivity index (χ0n) is 7.70. The molecule has 0 fully saturated rings. The minimum absolute atomic E-state index is 0. The predicted molar refractivity (Wildman–Crippen MR) is 52.3 cm³/mol. The van der Waals surface area contributed by atoms with Gasteiger partial charge in [-0.1, -0.05) is 20.8 Å². The maximum atomic E-state index is 5.92. The molecule has 3 heteroatoms. The third-order valence-electron chi connectivity index (χ3n) is 1.78. The van der Waals surface area contributed by atoms with Crippen LogP contribution in [0.25, 0.3) is 0 Å². The van der Waals surface area contributed by atoms with E-state index in [-0.39, 0.29) is 23.9 Å². The molecule has 0 radical (unpaired) electrons. The zero-order valence-corrected chi connectivity index (χ0v) is 8.52. The summed E-state index contributed by atoms with van der Waals surface area (Å²) in [6.07, 6.45) is 1.65. The lowest BCUT2D eigenvalue weighted by Gasteiger charge is -2.24. The number of furan rings is 1. The van der Waals surface area contributed by atoms with E-state index >= 15 is 0 Å². The highest BCUT2D eigenvalue weighted by Gasteiger charge is 2.23. The summed E-state index contributed by atoms with van der Waals surface area (Å²) in [5, 5.41) is 0. The number of hydrogen-bond donors (Lipinski definition) is 1. The fourth-order valence-corrected chi connectivity index (χ4v) is 0.895. The average Bonchev–Trinajstić information content (AvgIpc) is 2.34. The van der Waals surface area contributed by atoms with Gasteiger partial charge in [-0.2, -0.15) is 0 Å². The summed E-state index contributed by atoms with van der Waals surface area (Å²) < 4.78 is 5.20. The fourth-order valence-electron chi connectivity index (χ4n) is 0.895. The van der Waals surface area contributed by atoms with Crippen LogP contribution < -0.4 is 5.73 Å². The first-order valence-corrected chi connectivity index (χ1v) is 3.81. The maximum absolute atomic E-state index is 5.92. The molecule has 0 saturated heterocycles. The second-order valence-corrected chi connectivity index (χ2v) is 3.86. The van der Waals surface area contributed by atoms with Gasteiger partial charge in [0.1, 0.15) is 5.76 Å². The molecule has 0 saturated carbocycles. The molecule has 0 amide bonds. The van der Waals surface area contributed by atoms with Crippen LogP contribution >= 0.6 is 12.4 Å². The lowest BCUT2D eigenvalue weighted by molar-refractivity contribution is 0.285. The number of rotatable bonds is 1. The van der Waals surface area contributed by atoms with E-state index in [1.54, 1.807) is 6.26 Å². The highest BCUT2D eigenvalue weighted by atomic mass is 35.5. The van der Waals surface area contributed by atoms with Crippen molar-refractivity contribution in [1.29, 1.82) is 0 Å². The second-order valence-electron chi connectivity index (χ2n) is 3.86. The van der Waals surface area contributed by atoms with Crippen LogP contribution in [-0.2, 0) is 0 Å². The molecule has 1 heterocycles. The van der Waals surface area contributed by atoms with E-state index in [0.29, 0.717) is 0 Å². The maximum Gasteiger partial charge on any atom is 0.120 e. The van der Waals surface area contributed by atoms with Crippen molar-refractivity contribution in [2.24, 2.45) is 11.1 Å². The van der Waals surface area contributed by atoms with Crippen molar-refractivity contribution < 1.29 is 4.42 Å². The van der Waals surface area contributed by atoms with Crippen LogP contribution in [0, 0.1) is 5.41 Å². The first-order chi connectivity index (χ1) is 5.02. The molecule has 0 aromatic carbocycles. The Bertz CT molecular complexity index is 213. The summed E-state index contributed by atoms with van der Waals surface area (Å²) in [6, 6.07) is 3.76. The van der Waals surface area contributed by atoms with Crippen LogP contribution in [0.15, 0.2) is 22.8 Å². The first kappa shape index (κ1) is 11.5. The van der Waals surface area contributed by atoms with E-state index in [1.807, 2.05) is 12.1 Å². The third kappa shape index (κ3) is 2.54. The van der Waals surface area contributed by atoms with E-state index in [4.69, 9.17) is 10.2 Å². The van der Waals surface area contributed by atoms with E-state index in [2.05, 4.69) is 20.8 Å². The minimum atomic E-state index is -0.0162. The highest BCUT2D eigenvalue weighted by molar-refractivity contribution is 5.85. The van der Waals surface area contributed by atoms with Gasteiger partial charge < -0.3 is 10.2 Å². The van der Waals surface area contributed by atoms with E-state index in [0.717, 1.165) is 5.76 Å². The normalized spacial score (nSPS) is 13.7. The Kier molecular flexibility index (Phi) is 3.81. The molecule has 0 unspecified atom stereocenters. The van der Waals surface area contributed by atoms with Crippen LogP contribution in [0.2, 0.25) is 0 Å². The highest BCUT2D eigenvalue weighted by Crippen LogP contribution is 2.30. The summed E-state index contributed by atoms with van der Waals surface area (Å²) >= 11 is 0. The lowest BCUT2D eigenvalue weighted by Crippen LogP contribution is -2.25. The average molecular weight is 190 g/mol. The van der Waals surface area contributed by atoms with Gasteiger partial charge in [-0.3, -0.25) is 0 Å². The Hall–Kier alpha value is -0.470. The molecule has 1 aromatic heterocycles. The van der Waals surface area contributed by atoms with Gasteiger partial charge in [0.15, 0.2) is 0 Å². The van der Waals surface area contributed by atoms with Crippen molar-refractivity contribution in [3.8, 4) is 0 Å². The van der Waals surface area contributed by atoms with Crippen molar-refractivity contribution in [2.75, 3.05) is 0 Å². The summed E-state index contributed by atoms with van der Waals surface area (Å²) in [6.45, 7) is 6.29. The molecule has 0 aliphatic rings. The van der Waals surface area contributed by atoms with Gasteiger partial charge >= 0.3 is 0 Å². The molecule has 0 aliphatic carbocycles. The van der Waals surface area contributed by atoms with Gasteiger partial charge in [0, 0.05) is 0 Å². The lowest BCUT2D eigenvalue weighted by atomic mass is 9.86. The third-order valence-corrected chi connectivity index (χ3v) is 1.78. The smallest absolute Gasteiger partial charge is 0.120 e. The Morgan fingerprint density at radius 1 is 1.42 bits per heavy atom. The van der Waals surface area contributed by atoms with Crippen molar-refractivity contribution in [3.05, 3.63) is 24.2 Å². The fraction of sp³-hybridized carbons (Fsp3) is 0.556. The number of nitrogens with two attached hydrogens (primary N) is 1. The van der Waals surface area contributed by atoms with Gasteiger partial charge in [-0.25, -0.2) is 0 Å². The molecule has 1 rings (SSSR count). The number of hydrogen-bond acceptors (Lipinski definition) is 2. The van der Waals surface area contributed by atoms with Crippen molar-refractivity contribution in [3.63, 3.8) is 0 Å². The second kappa shape index (κ2) is 3.97. The molecule has 0 bridgehead atoms. The Morgan fingerprint density at radius 2 is 2.00 bits per heavy atom. The topological polar surface area (TPSA) is 39.2 Å².